The molecule has 3 rings (SSSR count). The van der Waals surface area contributed by atoms with E-state index in [0.717, 1.165) is 11.6 Å². The molecule has 0 saturated carbocycles. The highest BCUT2D eigenvalue weighted by atomic mass is 19.1. The van der Waals surface area contributed by atoms with Crippen molar-refractivity contribution in [2.45, 2.75) is 6.42 Å². The molecule has 0 aliphatic heterocycles. The lowest BCUT2D eigenvalue weighted by Gasteiger charge is -2.07. The number of halogens is 2. The summed E-state index contributed by atoms with van der Waals surface area (Å²) in [6.07, 6.45) is 0.250. The Balaban J connectivity index is 1.65. The molecule has 26 heavy (non-hydrogen) atoms. The molecule has 0 saturated heterocycles. The van der Waals surface area contributed by atoms with Crippen molar-refractivity contribution in [2.24, 2.45) is 0 Å². The predicted octanol–water partition coefficient (Wildman–Crippen LogP) is 3.29. The zero-order chi connectivity index (χ0) is 18.5. The van der Waals surface area contributed by atoms with E-state index in [1.54, 1.807) is 6.07 Å². The van der Waals surface area contributed by atoms with E-state index < -0.39 is 23.1 Å². The number of hydrogen-bond donors (Lipinski definition) is 2. The normalized spacial score (nSPS) is 10.5. The van der Waals surface area contributed by atoms with Gasteiger partial charge in [-0.1, -0.05) is 30.3 Å². The number of carbonyl (C=O) groups excluding carboxylic acids is 1. The summed E-state index contributed by atoms with van der Waals surface area (Å²) in [6, 6.07) is 15.6. The maximum Gasteiger partial charge on any atom is 0.261 e. The van der Waals surface area contributed by atoms with Crippen molar-refractivity contribution in [1.29, 1.82) is 0 Å². The van der Waals surface area contributed by atoms with E-state index in [0.29, 0.717) is 11.3 Å². The smallest absolute Gasteiger partial charge is 0.261 e. The molecule has 6 heteroatoms. The molecule has 3 aromatic rings. The Kier molecular flexibility index (Phi) is 5.22. The van der Waals surface area contributed by atoms with Crippen LogP contribution in [-0.2, 0) is 6.42 Å². The molecule has 0 aliphatic carbocycles. The van der Waals surface area contributed by atoms with Gasteiger partial charge in [0, 0.05) is 18.3 Å². The number of nitrogens with one attached hydrogen (secondary N) is 2. The topological polar surface area (TPSA) is 62.0 Å². The minimum Gasteiger partial charge on any atom is -0.352 e. The Morgan fingerprint density at radius 3 is 2.31 bits per heavy atom. The number of benzene rings is 2. The van der Waals surface area contributed by atoms with Crippen LogP contribution in [0, 0.1) is 11.6 Å². The molecule has 132 valence electrons. The highest BCUT2D eigenvalue weighted by Gasteiger charge is 2.11. The molecule has 0 unspecified atom stereocenters. The fraction of sp³-hybridized carbons (Fsp3) is 0.100. The van der Waals surface area contributed by atoms with Crippen LogP contribution in [-0.4, -0.2) is 17.4 Å². The van der Waals surface area contributed by atoms with E-state index in [2.05, 4.69) is 10.3 Å². The standard InChI is InChI=1S/C20H16F2N2O2/c21-15-10-13(11-16(22)12-15)8-9-23-19(25)17-6-7-18(24-20(17)26)14-4-2-1-3-5-14/h1-7,10-12H,8-9H2,(H,23,25)(H,24,26). The molecule has 0 atom stereocenters. The first-order valence-electron chi connectivity index (χ1n) is 8.05. The van der Waals surface area contributed by atoms with Gasteiger partial charge in [0.2, 0.25) is 0 Å². The van der Waals surface area contributed by atoms with Crippen LogP contribution in [0.15, 0.2) is 65.5 Å². The second-order valence-corrected chi connectivity index (χ2v) is 5.76. The first kappa shape index (κ1) is 17.5. The van der Waals surface area contributed by atoms with Crippen LogP contribution in [0.5, 0.6) is 0 Å². The third kappa shape index (κ3) is 4.22. The van der Waals surface area contributed by atoms with Crippen molar-refractivity contribution >= 4 is 5.91 Å². The zero-order valence-corrected chi connectivity index (χ0v) is 13.8. The number of hydrogen-bond acceptors (Lipinski definition) is 2. The molecule has 0 bridgehead atoms. The summed E-state index contributed by atoms with van der Waals surface area (Å²) in [7, 11) is 0. The van der Waals surface area contributed by atoms with Crippen LogP contribution in [0.3, 0.4) is 0 Å². The van der Waals surface area contributed by atoms with Gasteiger partial charge in [0.15, 0.2) is 0 Å². The number of carbonyl (C=O) groups is 1. The Bertz CT molecular complexity index is 964. The van der Waals surface area contributed by atoms with Crippen LogP contribution in [0.4, 0.5) is 8.78 Å². The van der Waals surface area contributed by atoms with Crippen LogP contribution in [0.25, 0.3) is 11.3 Å². The summed E-state index contributed by atoms with van der Waals surface area (Å²) in [4.78, 5) is 27.0. The van der Waals surface area contributed by atoms with Gasteiger partial charge in [0.25, 0.3) is 11.5 Å². The monoisotopic (exact) mass is 354 g/mol. The molecular formula is C20H16F2N2O2. The van der Waals surface area contributed by atoms with Gasteiger partial charge in [-0.15, -0.1) is 0 Å². The molecule has 1 amide bonds. The number of pyridine rings is 1. The van der Waals surface area contributed by atoms with Gasteiger partial charge in [-0.3, -0.25) is 9.59 Å². The average Bonchev–Trinajstić information content (AvgIpc) is 2.61. The van der Waals surface area contributed by atoms with Gasteiger partial charge in [-0.25, -0.2) is 8.78 Å². The Morgan fingerprint density at radius 2 is 1.65 bits per heavy atom. The van der Waals surface area contributed by atoms with Crippen LogP contribution in [0.1, 0.15) is 15.9 Å². The third-order valence-corrected chi connectivity index (χ3v) is 3.86. The Morgan fingerprint density at radius 1 is 0.962 bits per heavy atom. The van der Waals surface area contributed by atoms with E-state index in [9.17, 15) is 18.4 Å². The summed E-state index contributed by atoms with van der Waals surface area (Å²) in [6.45, 7) is 0.154. The average molecular weight is 354 g/mol. The van der Waals surface area contributed by atoms with Crippen LogP contribution in [0.2, 0.25) is 0 Å². The maximum absolute atomic E-state index is 13.1. The summed E-state index contributed by atoms with van der Waals surface area (Å²) in [5, 5.41) is 2.58. The largest absolute Gasteiger partial charge is 0.352 e. The minimum atomic E-state index is -0.667. The highest BCUT2D eigenvalue weighted by molar-refractivity contribution is 5.94. The van der Waals surface area contributed by atoms with Gasteiger partial charge in [-0.2, -0.15) is 0 Å². The molecule has 0 aliphatic rings. The van der Waals surface area contributed by atoms with Crippen LogP contribution >= 0.6 is 0 Å². The van der Waals surface area contributed by atoms with Gasteiger partial charge in [0.1, 0.15) is 17.2 Å². The van der Waals surface area contributed by atoms with Crippen molar-refractivity contribution in [3.8, 4) is 11.3 Å². The summed E-state index contributed by atoms with van der Waals surface area (Å²) >= 11 is 0. The second-order valence-electron chi connectivity index (χ2n) is 5.76. The minimum absolute atomic E-state index is 0.0184. The lowest BCUT2D eigenvalue weighted by molar-refractivity contribution is 0.0952. The van der Waals surface area contributed by atoms with Crippen LogP contribution < -0.4 is 10.9 Å². The molecule has 0 radical (unpaired) electrons. The fourth-order valence-corrected chi connectivity index (χ4v) is 2.61. The van der Waals surface area contributed by atoms with Gasteiger partial charge in [-0.05, 0) is 41.8 Å². The molecular weight excluding hydrogens is 338 g/mol. The van der Waals surface area contributed by atoms with Crippen molar-refractivity contribution in [3.05, 3.63) is 93.8 Å². The molecule has 1 aromatic heterocycles. The number of aromatic amines is 1. The fourth-order valence-electron chi connectivity index (χ4n) is 2.61. The first-order chi connectivity index (χ1) is 12.5. The zero-order valence-electron chi connectivity index (χ0n) is 13.8. The van der Waals surface area contributed by atoms with Crippen molar-refractivity contribution in [2.75, 3.05) is 6.54 Å². The SMILES string of the molecule is O=C(NCCc1cc(F)cc(F)c1)c1ccc(-c2ccccc2)[nH]c1=O. The van der Waals surface area contributed by atoms with E-state index >= 15 is 0 Å². The Labute approximate surface area is 148 Å². The molecule has 1 heterocycles. The lowest BCUT2D eigenvalue weighted by atomic mass is 10.1. The first-order valence-corrected chi connectivity index (χ1v) is 8.05. The molecule has 4 nitrogen and oxygen atoms in total. The van der Waals surface area contributed by atoms with E-state index in [1.165, 1.54) is 18.2 Å². The molecule has 0 spiro atoms. The number of amides is 1. The molecule has 2 aromatic carbocycles. The van der Waals surface area contributed by atoms with Crippen molar-refractivity contribution in [3.63, 3.8) is 0 Å². The highest BCUT2D eigenvalue weighted by Crippen LogP contribution is 2.14. The maximum atomic E-state index is 13.1. The number of aromatic nitrogens is 1. The Hall–Kier alpha value is -3.28. The van der Waals surface area contributed by atoms with Crippen molar-refractivity contribution in [1.82, 2.24) is 10.3 Å². The summed E-state index contributed by atoms with van der Waals surface area (Å²) in [5.74, 6) is -1.87. The van der Waals surface area contributed by atoms with Gasteiger partial charge < -0.3 is 10.3 Å². The number of H-pyrrole nitrogens is 1. The van der Waals surface area contributed by atoms with Crippen molar-refractivity contribution < 1.29 is 13.6 Å². The summed E-state index contributed by atoms with van der Waals surface area (Å²) in [5.41, 5.74) is 1.36. The van der Waals surface area contributed by atoms with Gasteiger partial charge in [0.05, 0.1) is 0 Å². The lowest BCUT2D eigenvalue weighted by Crippen LogP contribution is -2.31. The summed E-state index contributed by atoms with van der Waals surface area (Å²) < 4.78 is 26.3. The molecule has 2 N–H and O–H groups in total. The van der Waals surface area contributed by atoms with E-state index in [1.807, 2.05) is 30.3 Å². The molecule has 0 fully saturated rings. The third-order valence-electron chi connectivity index (χ3n) is 3.86. The number of rotatable bonds is 5. The predicted molar refractivity (Wildman–Crippen MR) is 94.9 cm³/mol. The van der Waals surface area contributed by atoms with Gasteiger partial charge >= 0.3 is 0 Å². The second kappa shape index (κ2) is 7.74. The van der Waals surface area contributed by atoms with E-state index in [4.69, 9.17) is 0 Å². The van der Waals surface area contributed by atoms with E-state index in [-0.39, 0.29) is 18.5 Å². The quantitative estimate of drug-likeness (QED) is 0.739.